The Kier molecular flexibility index (Phi) is 6.20. The van der Waals surface area contributed by atoms with Gasteiger partial charge in [0.2, 0.25) is 5.91 Å². The number of ether oxygens (including phenoxy) is 1. The summed E-state index contributed by atoms with van der Waals surface area (Å²) in [5.41, 5.74) is 1.93. The average molecular weight is 395 g/mol. The summed E-state index contributed by atoms with van der Waals surface area (Å²) in [5.74, 6) is -0.244. The Labute approximate surface area is 149 Å². The fourth-order valence-corrected chi connectivity index (χ4v) is 2.60. The molecule has 0 spiro atoms. The van der Waals surface area contributed by atoms with Crippen LogP contribution in [0, 0.1) is 12.7 Å². The van der Waals surface area contributed by atoms with Gasteiger partial charge in [0.25, 0.3) is 0 Å². The first-order valence-corrected chi connectivity index (χ1v) is 8.40. The van der Waals surface area contributed by atoms with E-state index in [-0.39, 0.29) is 24.2 Å². The first-order valence-electron chi connectivity index (χ1n) is 7.61. The van der Waals surface area contributed by atoms with Gasteiger partial charge in [0.1, 0.15) is 11.6 Å². The number of amides is 1. The fraction of sp³-hybridized carbons (Fsp3) is 0.278. The third-order valence-electron chi connectivity index (χ3n) is 3.21. The summed E-state index contributed by atoms with van der Waals surface area (Å²) in [7, 11) is 0. The van der Waals surface area contributed by atoms with Crippen molar-refractivity contribution in [3.05, 3.63) is 52.3 Å². The molecule has 6 heteroatoms. The van der Waals surface area contributed by atoms with Gasteiger partial charge >= 0.3 is 0 Å². The molecule has 0 aliphatic heterocycles. The molecule has 2 N–H and O–H groups in total. The first-order chi connectivity index (χ1) is 11.3. The minimum absolute atomic E-state index is 0.0249. The topological polar surface area (TPSA) is 50.4 Å². The van der Waals surface area contributed by atoms with Crippen LogP contribution in [-0.2, 0) is 4.79 Å². The van der Waals surface area contributed by atoms with Crippen LogP contribution in [0.4, 0.5) is 15.8 Å². The molecule has 2 rings (SSSR count). The molecule has 0 aliphatic carbocycles. The highest BCUT2D eigenvalue weighted by atomic mass is 79.9. The summed E-state index contributed by atoms with van der Waals surface area (Å²) in [4.78, 5) is 12.0. The van der Waals surface area contributed by atoms with Crippen molar-refractivity contribution in [1.82, 2.24) is 0 Å². The Hall–Kier alpha value is -2.08. The van der Waals surface area contributed by atoms with E-state index in [0.29, 0.717) is 5.75 Å². The number of halogens is 2. The number of aryl methyl sites for hydroxylation is 1. The lowest BCUT2D eigenvalue weighted by Crippen LogP contribution is -2.22. The number of carbonyl (C=O) groups is 1. The Bertz CT molecular complexity index is 735. The summed E-state index contributed by atoms with van der Waals surface area (Å²) in [6.45, 7) is 5.62. The van der Waals surface area contributed by atoms with Crippen molar-refractivity contribution < 1.29 is 13.9 Å². The molecule has 0 atom stereocenters. The summed E-state index contributed by atoms with van der Waals surface area (Å²) in [5, 5.41) is 5.59. The van der Waals surface area contributed by atoms with Crippen molar-refractivity contribution in [3.63, 3.8) is 0 Å². The normalized spacial score (nSPS) is 10.6. The molecule has 24 heavy (non-hydrogen) atoms. The van der Waals surface area contributed by atoms with Crippen LogP contribution < -0.4 is 15.4 Å². The monoisotopic (exact) mass is 394 g/mol. The van der Waals surface area contributed by atoms with E-state index in [9.17, 15) is 9.18 Å². The first kappa shape index (κ1) is 18.3. The van der Waals surface area contributed by atoms with Crippen LogP contribution >= 0.6 is 15.9 Å². The molecule has 4 nitrogen and oxygen atoms in total. The van der Waals surface area contributed by atoms with E-state index in [1.165, 1.54) is 6.07 Å². The summed E-state index contributed by atoms with van der Waals surface area (Å²) < 4.78 is 20.4. The molecule has 0 unspecified atom stereocenters. The lowest BCUT2D eigenvalue weighted by atomic mass is 10.2. The highest BCUT2D eigenvalue weighted by Crippen LogP contribution is 2.22. The number of benzene rings is 2. The molecule has 2 aromatic carbocycles. The molecule has 0 heterocycles. The molecule has 0 aliphatic rings. The molecular formula is C18H20BrFN2O2. The maximum absolute atomic E-state index is 14.0. The second-order valence-electron chi connectivity index (χ2n) is 5.67. The summed E-state index contributed by atoms with van der Waals surface area (Å²) in [6.07, 6.45) is -0.0249. The predicted octanol–water partition coefficient (Wildman–Crippen LogP) is 4.73. The zero-order valence-electron chi connectivity index (χ0n) is 13.8. The highest BCUT2D eigenvalue weighted by molar-refractivity contribution is 9.10. The van der Waals surface area contributed by atoms with E-state index in [0.717, 1.165) is 15.7 Å². The zero-order valence-corrected chi connectivity index (χ0v) is 15.4. The molecule has 128 valence electrons. The van der Waals surface area contributed by atoms with Gasteiger partial charge in [0.15, 0.2) is 0 Å². The molecule has 0 radical (unpaired) electrons. The summed E-state index contributed by atoms with van der Waals surface area (Å²) in [6, 6.07) is 10.1. The lowest BCUT2D eigenvalue weighted by molar-refractivity contribution is -0.114. The molecule has 2 aromatic rings. The maximum atomic E-state index is 14.0. The molecule has 0 saturated heterocycles. The number of carbonyl (C=O) groups excluding carboxylic acids is 1. The molecular weight excluding hydrogens is 375 g/mol. The molecule has 1 amide bonds. The largest absolute Gasteiger partial charge is 0.491 e. The van der Waals surface area contributed by atoms with E-state index in [2.05, 4.69) is 26.6 Å². The number of rotatable bonds is 6. The van der Waals surface area contributed by atoms with Crippen molar-refractivity contribution in [2.75, 3.05) is 17.2 Å². The highest BCUT2D eigenvalue weighted by Gasteiger charge is 2.09. The van der Waals surface area contributed by atoms with Crippen LogP contribution in [0.3, 0.4) is 0 Å². The van der Waals surface area contributed by atoms with Gasteiger partial charge in [-0.2, -0.15) is 0 Å². The van der Waals surface area contributed by atoms with Crippen LogP contribution in [0.5, 0.6) is 5.75 Å². The van der Waals surface area contributed by atoms with Gasteiger partial charge in [-0.25, -0.2) is 4.39 Å². The quantitative estimate of drug-likeness (QED) is 0.743. The van der Waals surface area contributed by atoms with E-state index >= 15 is 0 Å². The Morgan fingerprint density at radius 1 is 1.21 bits per heavy atom. The van der Waals surface area contributed by atoms with Crippen molar-refractivity contribution in [1.29, 1.82) is 0 Å². The number of anilines is 2. The van der Waals surface area contributed by atoms with Crippen molar-refractivity contribution >= 4 is 33.2 Å². The van der Waals surface area contributed by atoms with Crippen LogP contribution in [0.2, 0.25) is 0 Å². The number of hydrogen-bond donors (Lipinski definition) is 2. The predicted molar refractivity (Wildman–Crippen MR) is 98.2 cm³/mol. The standard InChI is InChI=1S/C18H20BrFN2O2/c1-11(2)24-14-5-7-17(15(20)9-14)21-10-18(23)22-16-6-4-13(19)8-12(16)3/h4-9,11,21H,10H2,1-3H3,(H,22,23). The smallest absolute Gasteiger partial charge is 0.243 e. The number of nitrogens with one attached hydrogen (secondary N) is 2. The van der Waals surface area contributed by atoms with Crippen LogP contribution in [0.15, 0.2) is 40.9 Å². The van der Waals surface area contributed by atoms with Crippen LogP contribution in [0.1, 0.15) is 19.4 Å². The Balaban J connectivity index is 1.94. The van der Waals surface area contributed by atoms with Gasteiger partial charge in [0, 0.05) is 16.2 Å². The average Bonchev–Trinajstić information content (AvgIpc) is 2.48. The molecule has 0 saturated carbocycles. The fourth-order valence-electron chi connectivity index (χ4n) is 2.12. The van der Waals surface area contributed by atoms with E-state index in [1.807, 2.05) is 39.0 Å². The van der Waals surface area contributed by atoms with Crippen molar-refractivity contribution in [2.24, 2.45) is 0 Å². The van der Waals surface area contributed by atoms with Gasteiger partial charge < -0.3 is 15.4 Å². The SMILES string of the molecule is Cc1cc(Br)ccc1NC(=O)CNc1ccc(OC(C)C)cc1F. The van der Waals surface area contributed by atoms with Gasteiger partial charge in [-0.3, -0.25) is 4.79 Å². The van der Waals surface area contributed by atoms with Crippen molar-refractivity contribution in [3.8, 4) is 5.75 Å². The maximum Gasteiger partial charge on any atom is 0.243 e. The van der Waals surface area contributed by atoms with Gasteiger partial charge in [0.05, 0.1) is 18.3 Å². The Morgan fingerprint density at radius 2 is 1.92 bits per heavy atom. The van der Waals surface area contributed by atoms with Crippen molar-refractivity contribution in [2.45, 2.75) is 26.9 Å². The molecule has 0 fully saturated rings. The Morgan fingerprint density at radius 3 is 2.54 bits per heavy atom. The van der Waals surface area contributed by atoms with E-state index in [1.54, 1.807) is 12.1 Å². The second-order valence-corrected chi connectivity index (χ2v) is 6.58. The minimum atomic E-state index is -0.458. The van der Waals surface area contributed by atoms with E-state index < -0.39 is 5.82 Å². The zero-order chi connectivity index (χ0) is 17.7. The number of hydrogen-bond acceptors (Lipinski definition) is 3. The molecule has 0 aromatic heterocycles. The third-order valence-corrected chi connectivity index (χ3v) is 3.71. The summed E-state index contributed by atoms with van der Waals surface area (Å²) >= 11 is 3.38. The third kappa shape index (κ3) is 5.23. The van der Waals surface area contributed by atoms with Gasteiger partial charge in [-0.15, -0.1) is 0 Å². The second kappa shape index (κ2) is 8.15. The van der Waals surface area contributed by atoms with Gasteiger partial charge in [-0.1, -0.05) is 15.9 Å². The molecule has 0 bridgehead atoms. The van der Waals surface area contributed by atoms with Crippen LogP contribution in [0.25, 0.3) is 0 Å². The minimum Gasteiger partial charge on any atom is -0.491 e. The van der Waals surface area contributed by atoms with Gasteiger partial charge in [-0.05, 0) is 56.7 Å². The van der Waals surface area contributed by atoms with E-state index in [4.69, 9.17) is 4.74 Å². The lowest BCUT2D eigenvalue weighted by Gasteiger charge is -2.13. The van der Waals surface area contributed by atoms with Crippen LogP contribution in [-0.4, -0.2) is 18.6 Å².